The van der Waals surface area contributed by atoms with E-state index in [1.165, 1.54) is 5.56 Å². The van der Waals surface area contributed by atoms with Crippen LogP contribution >= 0.6 is 11.6 Å². The van der Waals surface area contributed by atoms with Crippen molar-refractivity contribution in [3.05, 3.63) is 46.7 Å². The zero-order valence-electron chi connectivity index (χ0n) is 12.9. The van der Waals surface area contributed by atoms with E-state index in [0.29, 0.717) is 11.8 Å². The molecule has 1 aromatic carbocycles. The van der Waals surface area contributed by atoms with Gasteiger partial charge in [-0.05, 0) is 24.1 Å². The van der Waals surface area contributed by atoms with Crippen molar-refractivity contribution in [1.29, 1.82) is 0 Å². The Morgan fingerprint density at radius 2 is 2.00 bits per heavy atom. The fourth-order valence-corrected chi connectivity index (χ4v) is 2.68. The monoisotopic (exact) mass is 306 g/mol. The van der Waals surface area contributed by atoms with Gasteiger partial charge in [-0.15, -0.1) is 5.10 Å². The van der Waals surface area contributed by atoms with Gasteiger partial charge >= 0.3 is 0 Å². The second kappa shape index (κ2) is 7.57. The standard InChI is InChI=1S/C16H23ClN4/c1-12(2)9-18-10-13(8-14-11-21(3)20-19-14)15-6-4-5-7-16(15)17/h4-7,11-13,18H,8-10H2,1-3H3. The van der Waals surface area contributed by atoms with Crippen molar-refractivity contribution in [3.8, 4) is 0 Å². The maximum atomic E-state index is 6.36. The molecule has 1 aromatic heterocycles. The fraction of sp³-hybridized carbons (Fsp3) is 0.500. The Labute approximate surface area is 131 Å². The molecule has 0 saturated heterocycles. The molecule has 1 N–H and O–H groups in total. The molecule has 2 aromatic rings. The van der Waals surface area contributed by atoms with E-state index in [1.807, 2.05) is 31.4 Å². The van der Waals surface area contributed by atoms with Crippen LogP contribution in [0.4, 0.5) is 0 Å². The molecule has 21 heavy (non-hydrogen) atoms. The van der Waals surface area contributed by atoms with E-state index in [-0.39, 0.29) is 0 Å². The first-order chi connectivity index (χ1) is 10.1. The van der Waals surface area contributed by atoms with Crippen molar-refractivity contribution < 1.29 is 0 Å². The highest BCUT2D eigenvalue weighted by atomic mass is 35.5. The lowest BCUT2D eigenvalue weighted by molar-refractivity contribution is 0.512. The first-order valence-electron chi connectivity index (χ1n) is 7.36. The number of halogens is 1. The average Bonchev–Trinajstić information content (AvgIpc) is 2.83. The van der Waals surface area contributed by atoms with Crippen LogP contribution < -0.4 is 5.32 Å². The van der Waals surface area contributed by atoms with Gasteiger partial charge in [-0.25, -0.2) is 0 Å². The zero-order chi connectivity index (χ0) is 15.2. The van der Waals surface area contributed by atoms with Gasteiger partial charge in [0.2, 0.25) is 0 Å². The molecule has 1 unspecified atom stereocenters. The van der Waals surface area contributed by atoms with Gasteiger partial charge in [0.05, 0.1) is 5.69 Å². The Morgan fingerprint density at radius 3 is 2.62 bits per heavy atom. The van der Waals surface area contributed by atoms with Crippen LogP contribution in [0.2, 0.25) is 5.02 Å². The Kier molecular flexibility index (Phi) is 5.76. The van der Waals surface area contributed by atoms with Crippen LogP contribution in [-0.2, 0) is 13.5 Å². The zero-order valence-corrected chi connectivity index (χ0v) is 13.6. The molecule has 1 atom stereocenters. The highest BCUT2D eigenvalue weighted by molar-refractivity contribution is 6.31. The minimum atomic E-state index is 0.300. The molecule has 0 fully saturated rings. The third kappa shape index (κ3) is 4.83. The van der Waals surface area contributed by atoms with Crippen LogP contribution in [-0.4, -0.2) is 28.1 Å². The van der Waals surface area contributed by atoms with E-state index in [1.54, 1.807) is 4.68 Å². The molecular weight excluding hydrogens is 284 g/mol. The van der Waals surface area contributed by atoms with Gasteiger partial charge in [0.15, 0.2) is 0 Å². The predicted molar refractivity (Wildman–Crippen MR) is 86.6 cm³/mol. The van der Waals surface area contributed by atoms with E-state index in [0.717, 1.165) is 30.2 Å². The van der Waals surface area contributed by atoms with Crippen LogP contribution in [0.5, 0.6) is 0 Å². The minimum absolute atomic E-state index is 0.300. The van der Waals surface area contributed by atoms with Crippen molar-refractivity contribution >= 4 is 11.6 Å². The quantitative estimate of drug-likeness (QED) is 0.855. The summed E-state index contributed by atoms with van der Waals surface area (Å²) in [7, 11) is 1.89. The molecular formula is C16H23ClN4. The third-order valence-corrected chi connectivity index (χ3v) is 3.74. The molecule has 114 valence electrons. The maximum Gasteiger partial charge on any atom is 0.0833 e. The number of nitrogens with one attached hydrogen (secondary N) is 1. The number of rotatable bonds is 7. The largest absolute Gasteiger partial charge is 0.316 e. The first-order valence-corrected chi connectivity index (χ1v) is 7.74. The van der Waals surface area contributed by atoms with E-state index in [2.05, 4.69) is 35.5 Å². The Bertz CT molecular complexity index is 565. The summed E-state index contributed by atoms with van der Waals surface area (Å²) in [4.78, 5) is 0. The van der Waals surface area contributed by atoms with Crippen molar-refractivity contribution in [1.82, 2.24) is 20.3 Å². The van der Waals surface area contributed by atoms with Crippen LogP contribution in [0.1, 0.15) is 31.0 Å². The molecule has 0 bridgehead atoms. The van der Waals surface area contributed by atoms with Gasteiger partial charge in [-0.2, -0.15) is 0 Å². The molecule has 0 aliphatic rings. The SMILES string of the molecule is CC(C)CNCC(Cc1cn(C)nn1)c1ccccc1Cl. The first kappa shape index (κ1) is 16.0. The summed E-state index contributed by atoms with van der Waals surface area (Å²) in [5.41, 5.74) is 2.16. The van der Waals surface area contributed by atoms with Crippen molar-refractivity contribution in [2.75, 3.05) is 13.1 Å². The average molecular weight is 307 g/mol. The van der Waals surface area contributed by atoms with Gasteiger partial charge in [-0.3, -0.25) is 4.68 Å². The van der Waals surface area contributed by atoms with Gasteiger partial charge in [0.25, 0.3) is 0 Å². The number of aromatic nitrogens is 3. The lowest BCUT2D eigenvalue weighted by atomic mass is 9.94. The van der Waals surface area contributed by atoms with Crippen LogP contribution in [0.15, 0.2) is 30.5 Å². The molecule has 2 rings (SSSR count). The normalized spacial score (nSPS) is 12.8. The highest BCUT2D eigenvalue weighted by Gasteiger charge is 2.17. The second-order valence-electron chi connectivity index (χ2n) is 5.86. The molecule has 0 amide bonds. The van der Waals surface area contributed by atoms with E-state index < -0.39 is 0 Å². The number of aryl methyl sites for hydroxylation is 1. The molecule has 0 radical (unpaired) electrons. The number of benzene rings is 1. The van der Waals surface area contributed by atoms with Crippen LogP contribution in [0.3, 0.4) is 0 Å². The highest BCUT2D eigenvalue weighted by Crippen LogP contribution is 2.26. The number of nitrogens with zero attached hydrogens (tertiary/aromatic N) is 3. The molecule has 0 aliphatic carbocycles. The lowest BCUT2D eigenvalue weighted by Gasteiger charge is -2.19. The Hall–Kier alpha value is -1.39. The van der Waals surface area contributed by atoms with Crippen molar-refractivity contribution in [2.45, 2.75) is 26.2 Å². The molecule has 1 heterocycles. The Balaban J connectivity index is 2.12. The molecule has 0 aliphatic heterocycles. The summed E-state index contributed by atoms with van der Waals surface area (Å²) in [5.74, 6) is 0.933. The molecule has 0 saturated carbocycles. The lowest BCUT2D eigenvalue weighted by Crippen LogP contribution is -2.26. The predicted octanol–water partition coefficient (Wildman–Crippen LogP) is 3.04. The summed E-state index contributed by atoms with van der Waals surface area (Å²) in [6.45, 7) is 6.31. The van der Waals surface area contributed by atoms with Gasteiger partial charge < -0.3 is 5.32 Å². The maximum absolute atomic E-state index is 6.36. The number of hydrogen-bond donors (Lipinski definition) is 1. The Morgan fingerprint density at radius 1 is 1.24 bits per heavy atom. The summed E-state index contributed by atoms with van der Waals surface area (Å²) in [6, 6.07) is 8.05. The van der Waals surface area contributed by atoms with Gasteiger partial charge in [0, 0.05) is 37.2 Å². The second-order valence-corrected chi connectivity index (χ2v) is 6.27. The summed E-state index contributed by atoms with van der Waals surface area (Å²) < 4.78 is 1.74. The van der Waals surface area contributed by atoms with Gasteiger partial charge in [-0.1, -0.05) is 48.9 Å². The summed E-state index contributed by atoms with van der Waals surface area (Å²) in [6.07, 6.45) is 2.80. The van der Waals surface area contributed by atoms with E-state index in [4.69, 9.17) is 11.6 Å². The van der Waals surface area contributed by atoms with Crippen LogP contribution in [0, 0.1) is 5.92 Å². The number of hydrogen-bond acceptors (Lipinski definition) is 3. The van der Waals surface area contributed by atoms with Gasteiger partial charge in [0.1, 0.15) is 0 Å². The van der Waals surface area contributed by atoms with Crippen molar-refractivity contribution in [3.63, 3.8) is 0 Å². The molecule has 4 nitrogen and oxygen atoms in total. The van der Waals surface area contributed by atoms with Crippen LogP contribution in [0.25, 0.3) is 0 Å². The summed E-state index contributed by atoms with van der Waals surface area (Å²) in [5, 5.41) is 12.5. The van der Waals surface area contributed by atoms with E-state index in [9.17, 15) is 0 Å². The smallest absolute Gasteiger partial charge is 0.0833 e. The minimum Gasteiger partial charge on any atom is -0.316 e. The van der Waals surface area contributed by atoms with Crippen molar-refractivity contribution in [2.24, 2.45) is 13.0 Å². The molecule has 5 heteroatoms. The topological polar surface area (TPSA) is 42.7 Å². The third-order valence-electron chi connectivity index (χ3n) is 3.39. The summed E-state index contributed by atoms with van der Waals surface area (Å²) >= 11 is 6.36. The molecule has 0 spiro atoms. The fourth-order valence-electron chi connectivity index (χ4n) is 2.39. The van der Waals surface area contributed by atoms with E-state index >= 15 is 0 Å².